The van der Waals surface area contributed by atoms with Gasteiger partial charge in [-0.05, 0) is 51.4 Å². The summed E-state index contributed by atoms with van der Waals surface area (Å²) in [7, 11) is 0. The lowest BCUT2D eigenvalue weighted by Crippen LogP contribution is -2.37. The molecule has 20 heavy (non-hydrogen) atoms. The Kier molecular flexibility index (Phi) is 5.91. The molecule has 2 aliphatic rings. The van der Waals surface area contributed by atoms with Crippen LogP contribution in [0.2, 0.25) is 0 Å². The number of ether oxygens (including phenoxy) is 1. The Hall–Kier alpha value is -0.730. The van der Waals surface area contributed by atoms with Crippen molar-refractivity contribution < 1.29 is 9.53 Å². The van der Waals surface area contributed by atoms with E-state index in [9.17, 15) is 4.79 Å². The fourth-order valence-electron chi connectivity index (χ4n) is 3.20. The molecule has 0 unspecified atom stereocenters. The highest BCUT2D eigenvalue weighted by molar-refractivity contribution is 5.68. The molecule has 0 radical (unpaired) electrons. The summed E-state index contributed by atoms with van der Waals surface area (Å²) >= 11 is 0. The van der Waals surface area contributed by atoms with Crippen LogP contribution in [0.3, 0.4) is 0 Å². The fourth-order valence-corrected chi connectivity index (χ4v) is 3.20. The van der Waals surface area contributed by atoms with E-state index in [0.29, 0.717) is 5.41 Å². The van der Waals surface area contributed by atoms with Gasteiger partial charge in [-0.25, -0.2) is 4.79 Å². The van der Waals surface area contributed by atoms with Gasteiger partial charge in [0, 0.05) is 13.1 Å². The summed E-state index contributed by atoms with van der Waals surface area (Å²) in [6.07, 6.45) is 6.25. The first kappa shape index (κ1) is 17.3. The summed E-state index contributed by atoms with van der Waals surface area (Å²) in [4.78, 5) is 14.0. The smallest absolute Gasteiger partial charge is 0.410 e. The minimum absolute atomic E-state index is 0.127. The predicted molar refractivity (Wildman–Crippen MR) is 83.8 cm³/mol. The van der Waals surface area contributed by atoms with Crippen LogP contribution in [0.25, 0.3) is 0 Å². The topological polar surface area (TPSA) is 29.5 Å². The normalized spacial score (nSPS) is 29.9. The van der Waals surface area contributed by atoms with E-state index in [1.165, 1.54) is 32.1 Å². The first-order valence-electron chi connectivity index (χ1n) is 8.28. The van der Waals surface area contributed by atoms with Crippen LogP contribution in [-0.4, -0.2) is 29.7 Å². The van der Waals surface area contributed by atoms with Crippen molar-refractivity contribution in [3.63, 3.8) is 0 Å². The van der Waals surface area contributed by atoms with Gasteiger partial charge in [0.1, 0.15) is 5.60 Å². The Labute approximate surface area is 125 Å². The van der Waals surface area contributed by atoms with E-state index < -0.39 is 0 Å². The predicted octanol–water partition coefficient (Wildman–Crippen LogP) is 4.85. The van der Waals surface area contributed by atoms with Crippen LogP contribution < -0.4 is 0 Å². The fraction of sp³-hybridized carbons (Fsp3) is 0.941. The van der Waals surface area contributed by atoms with Crippen LogP contribution in [0.15, 0.2) is 0 Å². The monoisotopic (exact) mass is 283 g/mol. The molecule has 0 atom stereocenters. The van der Waals surface area contributed by atoms with Crippen molar-refractivity contribution in [1.82, 2.24) is 4.90 Å². The lowest BCUT2D eigenvalue weighted by molar-refractivity contribution is 0.0258. The molecule has 0 aromatic heterocycles. The zero-order chi connectivity index (χ0) is 15.4. The second-order valence-corrected chi connectivity index (χ2v) is 7.33. The summed E-state index contributed by atoms with van der Waals surface area (Å²) in [5.41, 5.74) is 0.0251. The molecule has 1 spiro atoms. The lowest BCUT2D eigenvalue weighted by atomic mass is 9.70. The van der Waals surface area contributed by atoms with Crippen molar-refractivity contribution in [1.29, 1.82) is 0 Å². The van der Waals surface area contributed by atoms with Gasteiger partial charge in [-0.2, -0.15) is 0 Å². The number of likely N-dealkylation sites (tertiary alicyclic amines) is 1. The van der Waals surface area contributed by atoms with Crippen LogP contribution in [0, 0.1) is 11.3 Å². The summed E-state index contributed by atoms with van der Waals surface area (Å²) in [5.74, 6) is 0.867. The minimum atomic E-state index is -0.381. The van der Waals surface area contributed by atoms with Crippen molar-refractivity contribution in [2.75, 3.05) is 13.1 Å². The van der Waals surface area contributed by atoms with E-state index in [1.807, 2.05) is 39.5 Å². The maximum Gasteiger partial charge on any atom is 0.410 e. The summed E-state index contributed by atoms with van der Waals surface area (Å²) in [5, 5.41) is 0. The molecular formula is C17H33NO2. The molecule has 1 saturated carbocycles. The molecule has 1 aliphatic carbocycles. The molecule has 3 heteroatoms. The van der Waals surface area contributed by atoms with Crippen LogP contribution in [0.4, 0.5) is 4.79 Å². The highest BCUT2D eigenvalue weighted by Gasteiger charge is 2.42. The highest BCUT2D eigenvalue weighted by atomic mass is 16.6. The van der Waals surface area contributed by atoms with Gasteiger partial charge < -0.3 is 9.64 Å². The highest BCUT2D eigenvalue weighted by Crippen LogP contribution is 2.45. The first-order chi connectivity index (χ1) is 9.30. The SMILES string of the molecule is CC.CC1CCC2(CC1)CCN(C(=O)OC(C)(C)C)C2. The zero-order valence-corrected chi connectivity index (χ0v) is 14.3. The molecule has 0 aromatic rings. The second kappa shape index (κ2) is 6.82. The van der Waals surface area contributed by atoms with Crippen molar-refractivity contribution in [3.05, 3.63) is 0 Å². The van der Waals surface area contributed by atoms with E-state index in [2.05, 4.69) is 6.92 Å². The number of hydrogen-bond acceptors (Lipinski definition) is 2. The third-order valence-electron chi connectivity index (χ3n) is 4.42. The van der Waals surface area contributed by atoms with E-state index in [4.69, 9.17) is 4.74 Å². The number of carbonyl (C=O) groups excluding carboxylic acids is 1. The van der Waals surface area contributed by atoms with Crippen LogP contribution in [-0.2, 0) is 4.74 Å². The molecular weight excluding hydrogens is 250 g/mol. The third kappa shape index (κ3) is 4.68. The summed E-state index contributed by atoms with van der Waals surface area (Å²) in [6.45, 7) is 13.9. The molecule has 3 nitrogen and oxygen atoms in total. The van der Waals surface area contributed by atoms with Gasteiger partial charge in [-0.15, -0.1) is 0 Å². The van der Waals surface area contributed by atoms with E-state index in [1.54, 1.807) is 0 Å². The molecule has 0 N–H and O–H groups in total. The average Bonchev–Trinajstić information content (AvgIpc) is 2.79. The molecule has 2 rings (SSSR count). The molecule has 118 valence electrons. The van der Waals surface area contributed by atoms with Gasteiger partial charge in [0.2, 0.25) is 0 Å². The minimum Gasteiger partial charge on any atom is -0.444 e. The Morgan fingerprint density at radius 2 is 1.70 bits per heavy atom. The van der Waals surface area contributed by atoms with Crippen molar-refractivity contribution in [2.45, 2.75) is 79.2 Å². The molecule has 2 fully saturated rings. The first-order valence-corrected chi connectivity index (χ1v) is 8.28. The number of nitrogens with zero attached hydrogens (tertiary/aromatic N) is 1. The summed E-state index contributed by atoms with van der Waals surface area (Å²) in [6, 6.07) is 0. The maximum absolute atomic E-state index is 12.1. The Bertz CT molecular complexity index is 311. The molecule has 0 aromatic carbocycles. The van der Waals surface area contributed by atoms with Crippen molar-refractivity contribution in [2.24, 2.45) is 11.3 Å². The number of carbonyl (C=O) groups is 1. The number of rotatable bonds is 0. The molecule has 0 bridgehead atoms. The number of amides is 1. The van der Waals surface area contributed by atoms with Crippen molar-refractivity contribution >= 4 is 6.09 Å². The molecule has 1 saturated heterocycles. The van der Waals surface area contributed by atoms with Crippen LogP contribution >= 0.6 is 0 Å². The largest absolute Gasteiger partial charge is 0.444 e. The van der Waals surface area contributed by atoms with Gasteiger partial charge in [0.15, 0.2) is 0 Å². The van der Waals surface area contributed by atoms with Gasteiger partial charge in [-0.1, -0.05) is 33.6 Å². The Morgan fingerprint density at radius 3 is 2.20 bits per heavy atom. The standard InChI is InChI=1S/C15H27NO2.C2H6/c1-12-5-7-15(8-6-12)9-10-16(11-15)13(17)18-14(2,3)4;1-2/h12H,5-11H2,1-4H3;1-2H3. The molecule has 1 heterocycles. The summed E-state index contributed by atoms with van der Waals surface area (Å²) < 4.78 is 5.46. The molecule has 1 aliphatic heterocycles. The quantitative estimate of drug-likeness (QED) is 0.636. The van der Waals surface area contributed by atoms with Gasteiger partial charge in [0.25, 0.3) is 0 Å². The van der Waals surface area contributed by atoms with Gasteiger partial charge >= 0.3 is 6.09 Å². The van der Waals surface area contributed by atoms with E-state index in [-0.39, 0.29) is 11.7 Å². The van der Waals surface area contributed by atoms with Crippen molar-refractivity contribution in [3.8, 4) is 0 Å². The molecule has 1 amide bonds. The van der Waals surface area contributed by atoms with E-state index >= 15 is 0 Å². The Balaban J connectivity index is 0.000000956. The van der Waals surface area contributed by atoms with E-state index in [0.717, 1.165) is 19.0 Å². The van der Waals surface area contributed by atoms with Gasteiger partial charge in [0.05, 0.1) is 0 Å². The third-order valence-corrected chi connectivity index (χ3v) is 4.42. The lowest BCUT2D eigenvalue weighted by Gasteiger charge is -2.36. The maximum atomic E-state index is 12.1. The second-order valence-electron chi connectivity index (χ2n) is 7.33. The van der Waals surface area contributed by atoms with Gasteiger partial charge in [-0.3, -0.25) is 0 Å². The number of hydrogen-bond donors (Lipinski definition) is 0. The van der Waals surface area contributed by atoms with Crippen LogP contribution in [0.1, 0.15) is 73.6 Å². The zero-order valence-electron chi connectivity index (χ0n) is 14.3. The Morgan fingerprint density at radius 1 is 1.15 bits per heavy atom. The average molecular weight is 283 g/mol. The van der Waals surface area contributed by atoms with Crippen LogP contribution in [0.5, 0.6) is 0 Å².